The summed E-state index contributed by atoms with van der Waals surface area (Å²) >= 11 is 1.28. The smallest absolute Gasteiger partial charge is 0.338 e. The van der Waals surface area contributed by atoms with Gasteiger partial charge in [-0.3, -0.25) is 14.2 Å². The van der Waals surface area contributed by atoms with Crippen LogP contribution in [0.2, 0.25) is 0 Å². The first-order valence-corrected chi connectivity index (χ1v) is 14.6. The Kier molecular flexibility index (Phi) is 8.08. The third-order valence-corrected chi connectivity index (χ3v) is 8.13. The number of fused-ring (bicyclic) bond motifs is 2. The molecule has 4 aromatic rings. The zero-order valence-electron chi connectivity index (χ0n) is 23.8. The van der Waals surface area contributed by atoms with Gasteiger partial charge in [-0.25, -0.2) is 9.79 Å². The maximum atomic E-state index is 14.0. The highest BCUT2D eigenvalue weighted by molar-refractivity contribution is 7.07. The third-order valence-electron chi connectivity index (χ3n) is 7.15. The van der Waals surface area contributed by atoms with Crippen molar-refractivity contribution in [3.63, 3.8) is 0 Å². The summed E-state index contributed by atoms with van der Waals surface area (Å²) in [4.78, 5) is 44.6. The molecule has 1 aliphatic heterocycles. The van der Waals surface area contributed by atoms with E-state index >= 15 is 0 Å². The van der Waals surface area contributed by atoms with Gasteiger partial charge in [0.2, 0.25) is 0 Å². The van der Waals surface area contributed by atoms with E-state index in [2.05, 4.69) is 18.8 Å². The molecule has 0 bridgehead atoms. The van der Waals surface area contributed by atoms with Gasteiger partial charge >= 0.3 is 11.9 Å². The van der Waals surface area contributed by atoms with E-state index < -0.39 is 12.0 Å². The number of ether oxygens (including phenoxy) is 2. The molecular formula is C32H33N3O5S. The number of rotatable bonds is 8. The molecule has 0 radical (unpaired) electrons. The molecule has 3 heterocycles. The fourth-order valence-electron chi connectivity index (χ4n) is 5.18. The molecule has 1 unspecified atom stereocenters. The van der Waals surface area contributed by atoms with E-state index in [1.54, 1.807) is 25.3 Å². The second kappa shape index (κ2) is 11.7. The van der Waals surface area contributed by atoms with Crippen LogP contribution in [-0.4, -0.2) is 34.3 Å². The topological polar surface area (TPSA) is 91.9 Å². The second-order valence-electron chi connectivity index (χ2n) is 10.2. The van der Waals surface area contributed by atoms with Crippen LogP contribution in [0.25, 0.3) is 17.0 Å². The number of thiazole rings is 1. The molecule has 0 amide bonds. The maximum Gasteiger partial charge on any atom is 0.338 e. The SMILES string of the molecule is CCOC(=O)Cn1cc(C=c2sc3n(c2=O)C(c2ccc(C(C)C)cc2)C(C(=O)OCC)=C(C)N=3)c2ccccc21. The monoisotopic (exact) mass is 571 g/mol. The van der Waals surface area contributed by atoms with Crippen molar-refractivity contribution < 1.29 is 19.1 Å². The fourth-order valence-corrected chi connectivity index (χ4v) is 6.22. The van der Waals surface area contributed by atoms with E-state index in [0.717, 1.165) is 22.0 Å². The second-order valence-corrected chi connectivity index (χ2v) is 11.2. The minimum absolute atomic E-state index is 0.0674. The van der Waals surface area contributed by atoms with Gasteiger partial charge in [0.25, 0.3) is 5.56 Å². The number of hydrogen-bond acceptors (Lipinski definition) is 7. The quantitative estimate of drug-likeness (QED) is 0.292. The van der Waals surface area contributed by atoms with Crippen molar-refractivity contribution in [2.75, 3.05) is 13.2 Å². The first-order valence-electron chi connectivity index (χ1n) is 13.8. The molecule has 0 saturated heterocycles. The summed E-state index contributed by atoms with van der Waals surface area (Å²) in [6.45, 7) is 10.1. The molecule has 5 rings (SSSR count). The Bertz CT molecular complexity index is 1840. The number of carbonyl (C=O) groups excluding carboxylic acids is 2. The molecule has 0 aliphatic carbocycles. The predicted octanol–water partition coefficient (Wildman–Crippen LogP) is 4.44. The van der Waals surface area contributed by atoms with Crippen LogP contribution < -0.4 is 14.9 Å². The molecule has 41 heavy (non-hydrogen) atoms. The summed E-state index contributed by atoms with van der Waals surface area (Å²) in [7, 11) is 0. The summed E-state index contributed by atoms with van der Waals surface area (Å²) in [5, 5.41) is 0.909. The molecule has 9 heteroatoms. The van der Waals surface area contributed by atoms with E-state index in [0.29, 0.717) is 33.1 Å². The molecule has 0 spiro atoms. The van der Waals surface area contributed by atoms with Gasteiger partial charge in [0.1, 0.15) is 6.54 Å². The summed E-state index contributed by atoms with van der Waals surface area (Å²) < 4.78 is 14.5. The molecule has 212 valence electrons. The van der Waals surface area contributed by atoms with E-state index in [-0.39, 0.29) is 24.7 Å². The highest BCUT2D eigenvalue weighted by Crippen LogP contribution is 2.31. The number of aromatic nitrogens is 2. The zero-order chi connectivity index (χ0) is 29.3. The van der Waals surface area contributed by atoms with Gasteiger partial charge in [0.15, 0.2) is 4.80 Å². The molecule has 0 fully saturated rings. The van der Waals surface area contributed by atoms with Crippen LogP contribution in [0.3, 0.4) is 0 Å². The molecule has 0 saturated carbocycles. The average molecular weight is 572 g/mol. The van der Waals surface area contributed by atoms with Crippen LogP contribution in [0.1, 0.15) is 63.3 Å². The van der Waals surface area contributed by atoms with Crippen molar-refractivity contribution in [1.82, 2.24) is 9.13 Å². The van der Waals surface area contributed by atoms with Gasteiger partial charge in [-0.2, -0.15) is 0 Å². The number of benzene rings is 2. The summed E-state index contributed by atoms with van der Waals surface area (Å²) in [5.74, 6) is -0.466. The van der Waals surface area contributed by atoms with Gasteiger partial charge in [-0.05, 0) is 50.0 Å². The van der Waals surface area contributed by atoms with E-state index in [9.17, 15) is 14.4 Å². The lowest BCUT2D eigenvalue weighted by molar-refractivity contribution is -0.143. The van der Waals surface area contributed by atoms with E-state index in [4.69, 9.17) is 9.47 Å². The Balaban J connectivity index is 1.68. The first-order chi connectivity index (χ1) is 19.7. The van der Waals surface area contributed by atoms with Crippen LogP contribution in [0.15, 0.2) is 75.8 Å². The highest BCUT2D eigenvalue weighted by Gasteiger charge is 2.33. The van der Waals surface area contributed by atoms with Crippen molar-refractivity contribution in [2.24, 2.45) is 4.99 Å². The lowest BCUT2D eigenvalue weighted by Crippen LogP contribution is -2.39. The van der Waals surface area contributed by atoms with Crippen LogP contribution in [-0.2, 0) is 25.6 Å². The van der Waals surface area contributed by atoms with Crippen LogP contribution in [0, 0.1) is 0 Å². The summed E-state index contributed by atoms with van der Waals surface area (Å²) in [5.41, 5.74) is 4.28. The van der Waals surface area contributed by atoms with Crippen molar-refractivity contribution >= 4 is 40.3 Å². The Labute approximate surface area is 241 Å². The van der Waals surface area contributed by atoms with Crippen LogP contribution in [0.4, 0.5) is 0 Å². The molecule has 1 atom stereocenters. The molecule has 1 aliphatic rings. The van der Waals surface area contributed by atoms with Gasteiger partial charge in [-0.15, -0.1) is 0 Å². The number of allylic oxidation sites excluding steroid dienone is 1. The third kappa shape index (κ3) is 5.41. The minimum Gasteiger partial charge on any atom is -0.465 e. The lowest BCUT2D eigenvalue weighted by Gasteiger charge is -2.25. The maximum absolute atomic E-state index is 14.0. The van der Waals surface area contributed by atoms with Crippen molar-refractivity contribution in [1.29, 1.82) is 0 Å². The van der Waals surface area contributed by atoms with Crippen LogP contribution >= 0.6 is 11.3 Å². The van der Waals surface area contributed by atoms with Gasteiger partial charge in [0.05, 0.1) is 35.1 Å². The lowest BCUT2D eigenvalue weighted by atomic mass is 9.93. The highest BCUT2D eigenvalue weighted by atomic mass is 32.1. The Morgan fingerprint density at radius 3 is 2.44 bits per heavy atom. The first kappa shape index (κ1) is 28.3. The molecule has 0 N–H and O–H groups in total. The molecule has 8 nitrogen and oxygen atoms in total. The van der Waals surface area contributed by atoms with Gasteiger partial charge in [0, 0.05) is 22.7 Å². The average Bonchev–Trinajstić information content (AvgIpc) is 3.44. The van der Waals surface area contributed by atoms with Crippen molar-refractivity contribution in [2.45, 2.75) is 53.1 Å². The van der Waals surface area contributed by atoms with E-state index in [1.807, 2.05) is 65.4 Å². The van der Waals surface area contributed by atoms with E-state index in [1.165, 1.54) is 16.9 Å². The molecular weight excluding hydrogens is 538 g/mol. The van der Waals surface area contributed by atoms with Crippen LogP contribution in [0.5, 0.6) is 0 Å². The predicted molar refractivity (Wildman–Crippen MR) is 160 cm³/mol. The van der Waals surface area contributed by atoms with Gasteiger partial charge in [-0.1, -0.05) is 67.6 Å². The van der Waals surface area contributed by atoms with Gasteiger partial charge < -0.3 is 14.0 Å². The normalized spacial score (nSPS) is 15.3. The molecule has 2 aromatic carbocycles. The summed E-state index contributed by atoms with van der Waals surface area (Å²) in [6.07, 6.45) is 3.69. The van der Waals surface area contributed by atoms with Crippen molar-refractivity contribution in [3.8, 4) is 0 Å². The summed E-state index contributed by atoms with van der Waals surface area (Å²) in [6, 6.07) is 15.1. The molecule has 2 aromatic heterocycles. The zero-order valence-corrected chi connectivity index (χ0v) is 24.7. The fraction of sp³-hybridized carbons (Fsp3) is 0.312. The number of esters is 2. The standard InChI is InChI=1S/C32H33N3O5S/c1-6-39-27(36)18-34-17-23(24-10-8-9-11-25(24)34)16-26-30(37)35-29(22-14-12-21(13-15-22)19(3)4)28(31(38)40-7-2)20(5)33-32(35)41-26/h8-17,19,29H,6-7,18H2,1-5H3. The Morgan fingerprint density at radius 2 is 1.76 bits per heavy atom. The Hall–Kier alpha value is -4.24. The largest absolute Gasteiger partial charge is 0.465 e. The number of hydrogen-bond donors (Lipinski definition) is 0. The Morgan fingerprint density at radius 1 is 1.05 bits per heavy atom. The number of nitrogens with zero attached hydrogens (tertiary/aromatic N) is 3. The minimum atomic E-state index is -0.668. The number of para-hydroxylation sites is 1. The van der Waals surface area contributed by atoms with Crippen molar-refractivity contribution in [3.05, 3.63) is 102 Å². The number of carbonyl (C=O) groups is 2.